The molecule has 0 aromatic heterocycles. The van der Waals surface area contributed by atoms with Crippen LogP contribution in [0.3, 0.4) is 0 Å². The zero-order valence-corrected chi connectivity index (χ0v) is 14.9. The average molecular weight is 436 g/mol. The van der Waals surface area contributed by atoms with Crippen LogP contribution in [0.1, 0.15) is 25.3 Å². The molecule has 0 fully saturated rings. The number of hydrogen-bond donors (Lipinski definition) is 0. The number of benzene rings is 1. The van der Waals surface area contributed by atoms with Crippen LogP contribution in [0.4, 0.5) is 35.1 Å². The molecule has 0 bridgehead atoms. The van der Waals surface area contributed by atoms with Crippen molar-refractivity contribution in [1.82, 2.24) is 0 Å². The highest BCUT2D eigenvalue weighted by Crippen LogP contribution is 2.48. The third-order valence-electron chi connectivity index (χ3n) is 3.68. The second kappa shape index (κ2) is 9.40. The number of ether oxygens (including phenoxy) is 2. The first-order valence-electron chi connectivity index (χ1n) is 8.12. The molecule has 0 atom stereocenters. The first-order chi connectivity index (χ1) is 13.3. The molecule has 0 heterocycles. The molecule has 0 N–H and O–H groups in total. The van der Waals surface area contributed by atoms with Gasteiger partial charge < -0.3 is 9.47 Å². The fourth-order valence-corrected chi connectivity index (χ4v) is 1.99. The van der Waals surface area contributed by atoms with Gasteiger partial charge in [-0.2, -0.15) is 26.3 Å². The summed E-state index contributed by atoms with van der Waals surface area (Å²) in [5.41, 5.74) is 0.658. The Balaban J connectivity index is 2.59. The van der Waals surface area contributed by atoms with Crippen LogP contribution in [0.5, 0.6) is 5.75 Å². The Hall–Kier alpha value is -2.40. The molecule has 4 nitrogen and oxygen atoms in total. The second-order valence-electron chi connectivity index (χ2n) is 5.80. The molecule has 0 spiro atoms. The normalized spacial score (nSPS) is 12.8. The Bertz CT molecular complexity index is 721. The molecule has 1 rings (SSSR count). The quantitative estimate of drug-likeness (QED) is 0.305. The smallest absolute Gasteiger partial charge is 0.381 e. The fraction of sp³-hybridized carbons (Fsp3) is 0.529. The van der Waals surface area contributed by atoms with Crippen molar-refractivity contribution >= 4 is 11.9 Å². The van der Waals surface area contributed by atoms with Crippen LogP contribution in [0.25, 0.3) is 0 Å². The largest absolute Gasteiger partial charge is 0.459 e. The summed E-state index contributed by atoms with van der Waals surface area (Å²) in [6, 6.07) is 6.36. The molecular weight excluding hydrogens is 420 g/mol. The molecule has 29 heavy (non-hydrogen) atoms. The molecule has 0 aliphatic heterocycles. The van der Waals surface area contributed by atoms with Gasteiger partial charge in [0.05, 0.1) is 12.8 Å². The maximum atomic E-state index is 13.3. The standard InChI is InChI=1S/C17H16F8O4/c1-2-10-5-3-4-6-11(10)29-13(27)8-7-12(26)28-9-15(20,21)17(24,25)16(22,23)14(18)19/h3-6,14H,2,7-9H2,1H3. The molecule has 0 unspecified atom stereocenters. The fourth-order valence-electron chi connectivity index (χ4n) is 1.99. The van der Waals surface area contributed by atoms with E-state index < -0.39 is 55.6 Å². The molecule has 0 aliphatic carbocycles. The zero-order valence-electron chi connectivity index (χ0n) is 14.9. The van der Waals surface area contributed by atoms with E-state index in [-0.39, 0.29) is 5.75 Å². The number of rotatable bonds is 10. The zero-order chi connectivity index (χ0) is 22.5. The van der Waals surface area contributed by atoms with Crippen molar-refractivity contribution < 1.29 is 54.2 Å². The predicted octanol–water partition coefficient (Wildman–Crippen LogP) is 4.65. The highest BCUT2D eigenvalue weighted by molar-refractivity contribution is 5.79. The first-order valence-corrected chi connectivity index (χ1v) is 8.12. The Morgan fingerprint density at radius 2 is 1.52 bits per heavy atom. The van der Waals surface area contributed by atoms with Crippen molar-refractivity contribution in [2.24, 2.45) is 0 Å². The van der Waals surface area contributed by atoms with Gasteiger partial charge >= 0.3 is 36.1 Å². The summed E-state index contributed by atoms with van der Waals surface area (Å²) in [4.78, 5) is 23.0. The Morgan fingerprint density at radius 1 is 0.966 bits per heavy atom. The van der Waals surface area contributed by atoms with E-state index in [0.717, 1.165) is 0 Å². The molecule has 12 heteroatoms. The lowest BCUT2D eigenvalue weighted by Gasteiger charge is -2.31. The summed E-state index contributed by atoms with van der Waals surface area (Å²) in [5.74, 6) is -21.0. The van der Waals surface area contributed by atoms with Gasteiger partial charge in [-0.05, 0) is 18.1 Å². The summed E-state index contributed by atoms with van der Waals surface area (Å²) in [7, 11) is 0. The van der Waals surface area contributed by atoms with Gasteiger partial charge in [-0.25, -0.2) is 8.78 Å². The summed E-state index contributed by atoms with van der Waals surface area (Å²) < 4.78 is 111. The van der Waals surface area contributed by atoms with Crippen LogP contribution in [0.2, 0.25) is 0 Å². The van der Waals surface area contributed by atoms with E-state index in [0.29, 0.717) is 12.0 Å². The first kappa shape index (κ1) is 24.6. The van der Waals surface area contributed by atoms with Crippen molar-refractivity contribution in [3.8, 4) is 5.75 Å². The minimum Gasteiger partial charge on any atom is -0.459 e. The van der Waals surface area contributed by atoms with Crippen LogP contribution in [0, 0.1) is 0 Å². The van der Waals surface area contributed by atoms with Gasteiger partial charge in [0, 0.05) is 0 Å². The molecule has 164 valence electrons. The highest BCUT2D eigenvalue weighted by atomic mass is 19.4. The topological polar surface area (TPSA) is 52.6 Å². The molecule has 0 radical (unpaired) electrons. The number of halogens is 8. The summed E-state index contributed by atoms with van der Waals surface area (Å²) in [6.45, 7) is -0.799. The highest BCUT2D eigenvalue weighted by Gasteiger charge is 2.75. The summed E-state index contributed by atoms with van der Waals surface area (Å²) in [5, 5.41) is 0. The molecule has 1 aromatic rings. The van der Waals surface area contributed by atoms with Crippen LogP contribution in [-0.4, -0.2) is 42.7 Å². The number of carbonyl (C=O) groups is 2. The number of para-hydroxylation sites is 1. The number of esters is 2. The lowest BCUT2D eigenvalue weighted by Crippen LogP contribution is -2.59. The van der Waals surface area contributed by atoms with Crippen molar-refractivity contribution in [1.29, 1.82) is 0 Å². The second-order valence-corrected chi connectivity index (χ2v) is 5.80. The monoisotopic (exact) mass is 436 g/mol. The van der Waals surface area contributed by atoms with E-state index in [1.807, 2.05) is 0 Å². The van der Waals surface area contributed by atoms with Crippen LogP contribution < -0.4 is 4.74 Å². The number of hydrogen-bond acceptors (Lipinski definition) is 4. The summed E-state index contributed by atoms with van der Waals surface area (Å²) >= 11 is 0. The maximum absolute atomic E-state index is 13.3. The van der Waals surface area contributed by atoms with E-state index in [1.54, 1.807) is 25.1 Å². The van der Waals surface area contributed by atoms with Gasteiger partial charge in [0.15, 0.2) is 6.61 Å². The van der Waals surface area contributed by atoms with E-state index in [2.05, 4.69) is 4.74 Å². The summed E-state index contributed by atoms with van der Waals surface area (Å²) in [6.07, 6.45) is -6.13. The molecule has 1 aromatic carbocycles. The van der Waals surface area contributed by atoms with Crippen molar-refractivity contribution in [2.75, 3.05) is 6.61 Å². The number of aryl methyl sites for hydroxylation is 1. The minimum absolute atomic E-state index is 0.189. The van der Waals surface area contributed by atoms with E-state index in [1.165, 1.54) is 6.07 Å². The lowest BCUT2D eigenvalue weighted by atomic mass is 10.1. The Morgan fingerprint density at radius 3 is 2.07 bits per heavy atom. The van der Waals surface area contributed by atoms with Gasteiger partial charge in [-0.15, -0.1) is 0 Å². The van der Waals surface area contributed by atoms with Gasteiger partial charge in [0.1, 0.15) is 5.75 Å². The van der Waals surface area contributed by atoms with E-state index in [4.69, 9.17) is 4.74 Å². The minimum atomic E-state index is -6.47. The maximum Gasteiger partial charge on any atom is 0.381 e. The molecular formula is C17H16F8O4. The van der Waals surface area contributed by atoms with Crippen molar-refractivity contribution in [2.45, 2.75) is 50.4 Å². The lowest BCUT2D eigenvalue weighted by molar-refractivity contribution is -0.344. The van der Waals surface area contributed by atoms with E-state index >= 15 is 0 Å². The van der Waals surface area contributed by atoms with Crippen molar-refractivity contribution in [3.63, 3.8) is 0 Å². The number of alkyl halides is 8. The average Bonchev–Trinajstić information content (AvgIpc) is 2.64. The van der Waals surface area contributed by atoms with Crippen LogP contribution in [-0.2, 0) is 20.7 Å². The third-order valence-corrected chi connectivity index (χ3v) is 3.68. The molecule has 0 aliphatic rings. The van der Waals surface area contributed by atoms with E-state index in [9.17, 15) is 44.7 Å². The number of carbonyl (C=O) groups excluding carboxylic acids is 2. The van der Waals surface area contributed by atoms with Gasteiger partial charge in [-0.1, -0.05) is 25.1 Å². The van der Waals surface area contributed by atoms with Gasteiger partial charge in [-0.3, -0.25) is 9.59 Å². The molecule has 0 saturated carbocycles. The SMILES string of the molecule is CCc1ccccc1OC(=O)CCC(=O)OCC(F)(F)C(F)(F)C(F)(F)C(F)F. The van der Waals surface area contributed by atoms with Crippen molar-refractivity contribution in [3.05, 3.63) is 29.8 Å². The molecule has 0 amide bonds. The van der Waals surface area contributed by atoms with Gasteiger partial charge in [0.25, 0.3) is 0 Å². The molecule has 0 saturated heterocycles. The third kappa shape index (κ3) is 5.80. The Labute approximate surface area is 159 Å². The predicted molar refractivity (Wildman–Crippen MR) is 82.5 cm³/mol. The Kier molecular flexibility index (Phi) is 7.98. The van der Waals surface area contributed by atoms with Gasteiger partial charge in [0.2, 0.25) is 0 Å². The van der Waals surface area contributed by atoms with Crippen LogP contribution in [0.15, 0.2) is 24.3 Å². The van der Waals surface area contributed by atoms with Crippen LogP contribution >= 0.6 is 0 Å².